The number of aliphatic imine (C=N–C) groups is 1. The van der Waals surface area contributed by atoms with Gasteiger partial charge >= 0.3 is 5.91 Å². The molecule has 0 aliphatic rings. The van der Waals surface area contributed by atoms with Crippen molar-refractivity contribution in [1.82, 2.24) is 9.97 Å². The molecule has 0 radical (unpaired) electrons. The number of rotatable bonds is 3. The van der Waals surface area contributed by atoms with Crippen LogP contribution in [0.2, 0.25) is 5.15 Å². The smallest absolute Gasteiger partial charge is 0.301 e. The lowest BCUT2D eigenvalue weighted by Gasteiger charge is -2.11. The highest BCUT2D eigenvalue weighted by atomic mass is 35.5. The Hall–Kier alpha value is -1.54. The van der Waals surface area contributed by atoms with Crippen LogP contribution in [0.4, 0.5) is 11.6 Å². The number of nitrogen functional groups attached to an aromatic ring is 1. The van der Waals surface area contributed by atoms with Crippen molar-refractivity contribution in [2.24, 2.45) is 10.7 Å². The molecule has 0 aliphatic carbocycles. The second-order valence-corrected chi connectivity index (χ2v) is 5.04. The standard InChI is InChI=1S/C10H15ClN6OS/c1-4(2)14-8-6(11)15-5(7(12)16-8)9(18)17-10(13)19-3/h4H,1-3H3,(H3,12,14,16)(H2,13,17,18). The van der Waals surface area contributed by atoms with Crippen molar-refractivity contribution < 1.29 is 4.79 Å². The molecule has 0 aromatic carbocycles. The summed E-state index contributed by atoms with van der Waals surface area (Å²) in [6.07, 6.45) is 1.70. The van der Waals surface area contributed by atoms with E-state index in [-0.39, 0.29) is 27.9 Å². The third-order valence-corrected chi connectivity index (χ3v) is 2.70. The molecule has 0 unspecified atom stereocenters. The van der Waals surface area contributed by atoms with Gasteiger partial charge in [0.15, 0.2) is 27.7 Å². The van der Waals surface area contributed by atoms with Crippen LogP contribution in [0.1, 0.15) is 24.3 Å². The average molecular weight is 303 g/mol. The summed E-state index contributed by atoms with van der Waals surface area (Å²) < 4.78 is 0. The number of nitrogens with zero attached hydrogens (tertiary/aromatic N) is 3. The molecule has 104 valence electrons. The Bertz CT molecular complexity index is 519. The van der Waals surface area contributed by atoms with Crippen LogP contribution in [-0.4, -0.2) is 33.3 Å². The van der Waals surface area contributed by atoms with Crippen LogP contribution in [0.5, 0.6) is 0 Å². The molecule has 7 nitrogen and oxygen atoms in total. The van der Waals surface area contributed by atoms with Crippen LogP contribution in [0, 0.1) is 0 Å². The highest BCUT2D eigenvalue weighted by Gasteiger charge is 2.17. The maximum Gasteiger partial charge on any atom is 0.301 e. The topological polar surface area (TPSA) is 119 Å². The first-order valence-corrected chi connectivity index (χ1v) is 6.97. The van der Waals surface area contributed by atoms with Crippen molar-refractivity contribution in [2.45, 2.75) is 19.9 Å². The average Bonchev–Trinajstić information content (AvgIpc) is 2.32. The van der Waals surface area contributed by atoms with Crippen LogP contribution in [0.3, 0.4) is 0 Å². The molecule has 1 aromatic rings. The number of nitrogens with one attached hydrogen (secondary N) is 1. The van der Waals surface area contributed by atoms with Gasteiger partial charge in [-0.05, 0) is 20.1 Å². The zero-order valence-electron chi connectivity index (χ0n) is 10.8. The maximum absolute atomic E-state index is 11.8. The van der Waals surface area contributed by atoms with Gasteiger partial charge in [-0.25, -0.2) is 9.97 Å². The van der Waals surface area contributed by atoms with Gasteiger partial charge < -0.3 is 16.8 Å². The summed E-state index contributed by atoms with van der Waals surface area (Å²) in [6, 6.07) is 0.109. The van der Waals surface area contributed by atoms with Gasteiger partial charge in [-0.3, -0.25) is 4.79 Å². The molecule has 0 bridgehead atoms. The summed E-state index contributed by atoms with van der Waals surface area (Å²) in [5.41, 5.74) is 11.0. The predicted molar refractivity (Wildman–Crippen MR) is 79.7 cm³/mol. The minimum atomic E-state index is -0.671. The van der Waals surface area contributed by atoms with Crippen molar-refractivity contribution in [3.63, 3.8) is 0 Å². The third-order valence-electron chi connectivity index (χ3n) is 1.93. The summed E-state index contributed by atoms with van der Waals surface area (Å²) in [7, 11) is 0. The number of hydrogen-bond donors (Lipinski definition) is 3. The van der Waals surface area contributed by atoms with Gasteiger partial charge in [-0.1, -0.05) is 23.4 Å². The van der Waals surface area contributed by atoms with Gasteiger partial charge in [0.2, 0.25) is 0 Å². The summed E-state index contributed by atoms with van der Waals surface area (Å²) in [6.45, 7) is 3.83. The van der Waals surface area contributed by atoms with Crippen molar-refractivity contribution in [1.29, 1.82) is 0 Å². The molecule has 0 fully saturated rings. The Morgan fingerprint density at radius 1 is 1.47 bits per heavy atom. The van der Waals surface area contributed by atoms with Crippen molar-refractivity contribution in [3.8, 4) is 0 Å². The van der Waals surface area contributed by atoms with Gasteiger partial charge in [0.25, 0.3) is 0 Å². The molecule has 5 N–H and O–H groups in total. The first kappa shape index (κ1) is 15.5. The van der Waals surface area contributed by atoms with Crippen molar-refractivity contribution in [2.75, 3.05) is 17.3 Å². The fourth-order valence-electron chi connectivity index (χ4n) is 1.15. The molecule has 19 heavy (non-hydrogen) atoms. The number of aromatic nitrogens is 2. The van der Waals surface area contributed by atoms with E-state index >= 15 is 0 Å². The maximum atomic E-state index is 11.8. The van der Waals surface area contributed by atoms with Gasteiger partial charge in [0, 0.05) is 6.04 Å². The molecular formula is C10H15ClN6OS. The lowest BCUT2D eigenvalue weighted by molar-refractivity contribution is 0.0999. The van der Waals surface area contributed by atoms with Crippen LogP contribution < -0.4 is 16.8 Å². The zero-order chi connectivity index (χ0) is 14.6. The number of nitrogens with two attached hydrogens (primary N) is 2. The Kier molecular flexibility index (Phi) is 5.37. The second kappa shape index (κ2) is 6.58. The minimum absolute atomic E-state index is 0.0461. The summed E-state index contributed by atoms with van der Waals surface area (Å²) >= 11 is 7.07. The number of hydrogen-bond acceptors (Lipinski definition) is 6. The molecule has 0 spiro atoms. The lowest BCUT2D eigenvalue weighted by atomic mass is 10.3. The highest BCUT2D eigenvalue weighted by Crippen LogP contribution is 2.21. The van der Waals surface area contributed by atoms with E-state index in [9.17, 15) is 4.79 Å². The molecule has 1 heterocycles. The molecule has 0 saturated carbocycles. The van der Waals surface area contributed by atoms with E-state index in [4.69, 9.17) is 23.1 Å². The quantitative estimate of drug-likeness (QED) is 0.569. The fourth-order valence-corrected chi connectivity index (χ4v) is 1.50. The van der Waals surface area contributed by atoms with Crippen LogP contribution >= 0.6 is 23.4 Å². The van der Waals surface area contributed by atoms with Crippen molar-refractivity contribution in [3.05, 3.63) is 10.8 Å². The first-order valence-electron chi connectivity index (χ1n) is 5.37. The molecule has 0 saturated heterocycles. The number of carbonyl (C=O) groups is 1. The van der Waals surface area contributed by atoms with E-state index in [2.05, 4.69) is 20.3 Å². The number of thioether (sulfide) groups is 1. The van der Waals surface area contributed by atoms with E-state index in [1.165, 1.54) is 0 Å². The Balaban J connectivity index is 3.12. The summed E-state index contributed by atoms with van der Waals surface area (Å²) in [5.74, 6) is -0.391. The van der Waals surface area contributed by atoms with Gasteiger partial charge in [-0.15, -0.1) is 0 Å². The number of halogens is 1. The van der Waals surface area contributed by atoms with Gasteiger partial charge in [0.05, 0.1) is 0 Å². The Labute approximate surface area is 120 Å². The van der Waals surface area contributed by atoms with E-state index in [0.717, 1.165) is 11.8 Å². The molecule has 1 aromatic heterocycles. The van der Waals surface area contributed by atoms with Gasteiger partial charge in [0.1, 0.15) is 0 Å². The predicted octanol–water partition coefficient (Wildman–Crippen LogP) is 1.35. The third kappa shape index (κ3) is 4.25. The molecule has 1 rings (SSSR count). The minimum Gasteiger partial charge on any atom is -0.382 e. The normalized spacial score (nSPS) is 11.7. The monoisotopic (exact) mass is 302 g/mol. The van der Waals surface area contributed by atoms with Gasteiger partial charge in [-0.2, -0.15) is 4.99 Å². The SMILES string of the molecule is CSC(N)=NC(=O)c1nc(Cl)c(NC(C)C)nc1N. The summed E-state index contributed by atoms with van der Waals surface area (Å²) in [5, 5.41) is 3.15. The van der Waals surface area contributed by atoms with E-state index in [0.29, 0.717) is 5.82 Å². The van der Waals surface area contributed by atoms with Crippen LogP contribution in [-0.2, 0) is 0 Å². The zero-order valence-corrected chi connectivity index (χ0v) is 12.3. The Morgan fingerprint density at radius 2 is 2.11 bits per heavy atom. The van der Waals surface area contributed by atoms with Crippen molar-refractivity contribution >= 4 is 46.1 Å². The van der Waals surface area contributed by atoms with Crippen LogP contribution in [0.15, 0.2) is 4.99 Å². The number of amides is 1. The van der Waals surface area contributed by atoms with E-state index in [1.807, 2.05) is 13.8 Å². The fraction of sp³-hybridized carbons (Fsp3) is 0.400. The lowest BCUT2D eigenvalue weighted by Crippen LogP contribution is -2.16. The molecule has 0 aliphatic heterocycles. The molecule has 1 amide bonds. The number of carbonyl (C=O) groups excluding carboxylic acids is 1. The van der Waals surface area contributed by atoms with E-state index < -0.39 is 5.91 Å². The largest absolute Gasteiger partial charge is 0.382 e. The number of amidine groups is 1. The first-order chi connectivity index (χ1) is 8.85. The van der Waals surface area contributed by atoms with Crippen LogP contribution in [0.25, 0.3) is 0 Å². The number of anilines is 2. The highest BCUT2D eigenvalue weighted by molar-refractivity contribution is 8.13. The summed E-state index contributed by atoms with van der Waals surface area (Å²) in [4.78, 5) is 23.3. The second-order valence-electron chi connectivity index (χ2n) is 3.86. The molecule has 9 heteroatoms. The Morgan fingerprint density at radius 3 is 2.63 bits per heavy atom. The molecular weight excluding hydrogens is 288 g/mol. The van der Waals surface area contributed by atoms with E-state index in [1.54, 1.807) is 6.26 Å². The molecule has 0 atom stereocenters.